The van der Waals surface area contributed by atoms with Crippen molar-refractivity contribution in [1.82, 2.24) is 0 Å². The molecule has 0 fully saturated rings. The van der Waals surface area contributed by atoms with E-state index in [1.54, 1.807) is 0 Å². The lowest BCUT2D eigenvalue weighted by Crippen LogP contribution is -2.12. The van der Waals surface area contributed by atoms with Crippen LogP contribution in [-0.2, 0) is 0 Å². The lowest BCUT2D eigenvalue weighted by atomic mass is 9.92. The fraction of sp³-hybridized carbons (Fsp3) is 0. The second-order valence-electron chi connectivity index (χ2n) is 15.6. The van der Waals surface area contributed by atoms with E-state index >= 15 is 0 Å². The van der Waals surface area contributed by atoms with E-state index in [9.17, 15) is 0 Å². The van der Waals surface area contributed by atoms with Crippen molar-refractivity contribution in [3.63, 3.8) is 0 Å². The molecule has 0 aliphatic heterocycles. The molecule has 0 aliphatic carbocycles. The average molecular weight is 764 g/mol. The second-order valence-corrected chi connectivity index (χ2v) is 15.6. The minimum absolute atomic E-state index is 0.854. The molecule has 0 spiro atoms. The first kappa shape index (κ1) is 34.1. The van der Waals surface area contributed by atoms with Gasteiger partial charge in [-0.15, -0.1) is 0 Å². The van der Waals surface area contributed by atoms with Gasteiger partial charge >= 0.3 is 0 Å². The van der Waals surface area contributed by atoms with Gasteiger partial charge in [-0.25, -0.2) is 0 Å². The van der Waals surface area contributed by atoms with Gasteiger partial charge in [-0.2, -0.15) is 0 Å². The van der Waals surface area contributed by atoms with Gasteiger partial charge in [0.1, 0.15) is 5.58 Å². The van der Waals surface area contributed by atoms with Crippen molar-refractivity contribution >= 4 is 82.1 Å². The van der Waals surface area contributed by atoms with Gasteiger partial charge in [0.05, 0.1) is 17.1 Å². The average Bonchev–Trinajstić information content (AvgIpc) is 3.69. The van der Waals surface area contributed by atoms with Crippen LogP contribution >= 0.6 is 0 Å². The summed E-state index contributed by atoms with van der Waals surface area (Å²) in [5, 5.41) is 12.0. The summed E-state index contributed by atoms with van der Waals surface area (Å²) in [7, 11) is 0. The Morgan fingerprint density at radius 2 is 0.817 bits per heavy atom. The molecule has 60 heavy (non-hydrogen) atoms. The number of anilines is 3. The lowest BCUT2D eigenvalue weighted by molar-refractivity contribution is 0.669. The molecule has 2 nitrogen and oxygen atoms in total. The monoisotopic (exact) mass is 763 g/mol. The lowest BCUT2D eigenvalue weighted by Gasteiger charge is -2.29. The van der Waals surface area contributed by atoms with Crippen molar-refractivity contribution in [3.8, 4) is 33.4 Å². The van der Waals surface area contributed by atoms with Gasteiger partial charge < -0.3 is 9.32 Å². The Kier molecular flexibility index (Phi) is 7.89. The fourth-order valence-corrected chi connectivity index (χ4v) is 9.42. The number of fused-ring (bicyclic) bond motifs is 8. The molecule has 0 N–H and O–H groups in total. The minimum atomic E-state index is 0.854. The molecular formula is C58H37NO. The molecule has 0 aliphatic rings. The van der Waals surface area contributed by atoms with Crippen molar-refractivity contribution in [2.75, 3.05) is 4.90 Å². The van der Waals surface area contributed by atoms with Crippen molar-refractivity contribution in [2.45, 2.75) is 0 Å². The molecule has 1 heterocycles. The number of hydrogen-bond acceptors (Lipinski definition) is 2. The topological polar surface area (TPSA) is 16.4 Å². The Morgan fingerprint density at radius 1 is 0.267 bits per heavy atom. The standard InChI is InChI=1S/C58H37NO/c1-2-15-38(16-3-1)45-33-34-55(50-25-11-10-23-48(45)50)59(56-28-14-26-51-53-35-41-17-4-5-18-42(41)37-57(53)60-58(51)56)54-27-13-12-21-46(54)39-29-31-40(32-30-39)52-36-43-19-6-7-20-44(43)47-22-8-9-24-49(47)52/h1-37H. The zero-order valence-electron chi connectivity index (χ0n) is 32.7. The molecule has 11 aromatic carbocycles. The quantitative estimate of drug-likeness (QED) is 0.157. The molecule has 0 unspecified atom stereocenters. The summed E-state index contributed by atoms with van der Waals surface area (Å²) in [6.45, 7) is 0. The van der Waals surface area contributed by atoms with Gasteiger partial charge in [0.15, 0.2) is 5.58 Å². The van der Waals surface area contributed by atoms with Gasteiger partial charge in [-0.05, 0) is 102 Å². The van der Waals surface area contributed by atoms with E-state index in [1.165, 1.54) is 54.6 Å². The van der Waals surface area contributed by atoms with E-state index < -0.39 is 0 Å². The zero-order chi connectivity index (χ0) is 39.6. The Morgan fingerprint density at radius 3 is 1.60 bits per heavy atom. The van der Waals surface area contributed by atoms with Gasteiger partial charge in [-0.1, -0.05) is 188 Å². The van der Waals surface area contributed by atoms with E-state index in [1.807, 2.05) is 0 Å². The molecule has 0 radical (unpaired) electrons. The smallest absolute Gasteiger partial charge is 0.159 e. The Labute approximate surface area is 347 Å². The van der Waals surface area contributed by atoms with Gasteiger partial charge in [-0.3, -0.25) is 0 Å². The van der Waals surface area contributed by atoms with E-state index in [-0.39, 0.29) is 0 Å². The van der Waals surface area contributed by atoms with Crippen LogP contribution in [0.4, 0.5) is 17.1 Å². The molecule has 12 aromatic rings. The highest BCUT2D eigenvalue weighted by Gasteiger charge is 2.24. The molecule has 2 heteroatoms. The number of rotatable bonds is 6. The predicted octanol–water partition coefficient (Wildman–Crippen LogP) is 16.7. The van der Waals surface area contributed by atoms with Crippen LogP contribution < -0.4 is 4.90 Å². The molecule has 280 valence electrons. The van der Waals surface area contributed by atoms with Crippen LogP contribution in [0.15, 0.2) is 229 Å². The minimum Gasteiger partial charge on any atom is -0.454 e. The van der Waals surface area contributed by atoms with Gasteiger partial charge in [0, 0.05) is 21.7 Å². The van der Waals surface area contributed by atoms with Gasteiger partial charge in [0.25, 0.3) is 0 Å². The number of nitrogens with zero attached hydrogens (tertiary/aromatic N) is 1. The number of benzene rings is 11. The highest BCUT2D eigenvalue weighted by molar-refractivity contribution is 6.16. The maximum atomic E-state index is 6.96. The Hall–Kier alpha value is -7.94. The zero-order valence-corrected chi connectivity index (χ0v) is 32.7. The third-order valence-corrected chi connectivity index (χ3v) is 12.2. The van der Waals surface area contributed by atoms with E-state index in [4.69, 9.17) is 4.42 Å². The van der Waals surface area contributed by atoms with E-state index in [0.29, 0.717) is 0 Å². The Balaban J connectivity index is 1.08. The number of para-hydroxylation sites is 2. The van der Waals surface area contributed by atoms with Crippen LogP contribution in [0.3, 0.4) is 0 Å². The first-order valence-corrected chi connectivity index (χ1v) is 20.6. The van der Waals surface area contributed by atoms with Crippen LogP contribution in [0.1, 0.15) is 0 Å². The normalized spacial score (nSPS) is 11.7. The summed E-state index contributed by atoms with van der Waals surface area (Å²) in [4.78, 5) is 2.42. The van der Waals surface area contributed by atoms with E-state index in [2.05, 4.69) is 229 Å². The molecule has 0 bridgehead atoms. The summed E-state index contributed by atoms with van der Waals surface area (Å²) in [5.74, 6) is 0. The maximum Gasteiger partial charge on any atom is 0.159 e. The summed E-state index contributed by atoms with van der Waals surface area (Å²) in [5.41, 5.74) is 11.9. The van der Waals surface area contributed by atoms with Crippen molar-refractivity contribution < 1.29 is 4.42 Å². The largest absolute Gasteiger partial charge is 0.454 e. The molecule has 0 amide bonds. The van der Waals surface area contributed by atoms with Crippen LogP contribution in [0.5, 0.6) is 0 Å². The highest BCUT2D eigenvalue weighted by atomic mass is 16.3. The number of hydrogen-bond donors (Lipinski definition) is 0. The summed E-state index contributed by atoms with van der Waals surface area (Å²) >= 11 is 0. The van der Waals surface area contributed by atoms with Crippen LogP contribution in [0.25, 0.3) is 98.4 Å². The third-order valence-electron chi connectivity index (χ3n) is 12.2. The first-order valence-electron chi connectivity index (χ1n) is 20.6. The first-order chi connectivity index (χ1) is 29.8. The third kappa shape index (κ3) is 5.50. The summed E-state index contributed by atoms with van der Waals surface area (Å²) in [6.07, 6.45) is 0. The predicted molar refractivity (Wildman–Crippen MR) is 255 cm³/mol. The molecular weight excluding hydrogens is 727 g/mol. The molecule has 1 aromatic heterocycles. The van der Waals surface area contributed by atoms with Crippen molar-refractivity contribution in [2.24, 2.45) is 0 Å². The fourth-order valence-electron chi connectivity index (χ4n) is 9.42. The summed E-state index contributed by atoms with van der Waals surface area (Å²) in [6, 6.07) is 81.2. The van der Waals surface area contributed by atoms with Crippen LogP contribution in [-0.4, -0.2) is 0 Å². The highest BCUT2D eigenvalue weighted by Crippen LogP contribution is 2.49. The molecule has 0 atom stereocenters. The molecule has 0 saturated carbocycles. The Bertz CT molecular complexity index is 3600. The van der Waals surface area contributed by atoms with Crippen molar-refractivity contribution in [3.05, 3.63) is 224 Å². The molecule has 0 saturated heterocycles. The maximum absolute atomic E-state index is 6.96. The molecule has 12 rings (SSSR count). The summed E-state index contributed by atoms with van der Waals surface area (Å²) < 4.78 is 6.96. The van der Waals surface area contributed by atoms with Gasteiger partial charge in [0.2, 0.25) is 0 Å². The second kappa shape index (κ2) is 13.9. The van der Waals surface area contributed by atoms with E-state index in [0.717, 1.165) is 60.9 Å². The SMILES string of the molecule is c1ccc(-c2ccc(N(c3ccccc3-c3ccc(-c4cc5ccccc5c5ccccc45)cc3)c3cccc4c3oc3cc5ccccc5cc34)c3ccccc23)cc1. The van der Waals surface area contributed by atoms with Crippen molar-refractivity contribution in [1.29, 1.82) is 0 Å². The van der Waals surface area contributed by atoms with Crippen LogP contribution in [0.2, 0.25) is 0 Å². The number of furan rings is 1. The van der Waals surface area contributed by atoms with Crippen LogP contribution in [0, 0.1) is 0 Å².